The summed E-state index contributed by atoms with van der Waals surface area (Å²) in [6.45, 7) is 6.45. The summed E-state index contributed by atoms with van der Waals surface area (Å²) in [5.41, 5.74) is -2.07. The highest BCUT2D eigenvalue weighted by atomic mass is 19.1. The number of aliphatic hydroxyl groups is 1. The van der Waals surface area contributed by atoms with Crippen molar-refractivity contribution in [3.8, 4) is 5.75 Å². The van der Waals surface area contributed by atoms with Crippen LogP contribution in [-0.2, 0) is 0 Å². The molecule has 0 bridgehead atoms. The third-order valence-electron chi connectivity index (χ3n) is 3.16. The summed E-state index contributed by atoms with van der Waals surface area (Å²) in [7, 11) is 0. The smallest absolute Gasteiger partial charge is 0.255 e. The minimum absolute atomic E-state index is 0.0336. The van der Waals surface area contributed by atoms with E-state index >= 15 is 0 Å². The number of rotatable bonds is 3. The number of hydrogen-bond donors (Lipinski definition) is 3. The molecule has 100 valence electrons. The Labute approximate surface area is 105 Å². The molecule has 0 saturated heterocycles. The predicted molar refractivity (Wildman–Crippen MR) is 65.9 cm³/mol. The molecule has 18 heavy (non-hydrogen) atoms. The summed E-state index contributed by atoms with van der Waals surface area (Å²) < 4.78 is 12.8. The van der Waals surface area contributed by atoms with Crippen molar-refractivity contribution in [2.24, 2.45) is 0 Å². The van der Waals surface area contributed by atoms with Gasteiger partial charge in [-0.25, -0.2) is 4.39 Å². The monoisotopic (exact) mass is 255 g/mol. The summed E-state index contributed by atoms with van der Waals surface area (Å²) in [6, 6.07) is 3.15. The van der Waals surface area contributed by atoms with E-state index in [0.29, 0.717) is 0 Å². The fourth-order valence-electron chi connectivity index (χ4n) is 1.20. The first-order valence-corrected chi connectivity index (χ1v) is 5.58. The molecule has 1 aromatic carbocycles. The molecule has 0 aliphatic rings. The zero-order valence-electron chi connectivity index (χ0n) is 10.9. The molecule has 0 aromatic heterocycles. The number of carbonyl (C=O) groups is 1. The van der Waals surface area contributed by atoms with E-state index in [0.717, 1.165) is 12.1 Å². The highest BCUT2D eigenvalue weighted by Gasteiger charge is 2.36. The van der Waals surface area contributed by atoms with Crippen molar-refractivity contribution in [2.45, 2.75) is 38.8 Å². The van der Waals surface area contributed by atoms with Crippen molar-refractivity contribution in [3.05, 3.63) is 29.6 Å². The molecule has 0 heterocycles. The lowest BCUT2D eigenvalue weighted by atomic mass is 9.85. The number of phenols is 1. The summed E-state index contributed by atoms with van der Waals surface area (Å²) in [5.74, 6) is -1.62. The van der Waals surface area contributed by atoms with Crippen LogP contribution in [0, 0.1) is 5.82 Å². The quantitative estimate of drug-likeness (QED) is 0.771. The van der Waals surface area contributed by atoms with E-state index in [1.807, 2.05) is 0 Å². The van der Waals surface area contributed by atoms with Crippen LogP contribution in [0.1, 0.15) is 38.1 Å². The Kier molecular flexibility index (Phi) is 3.67. The number of hydrogen-bond acceptors (Lipinski definition) is 3. The normalized spacial score (nSPS) is 12.3. The van der Waals surface area contributed by atoms with Gasteiger partial charge in [-0.3, -0.25) is 4.79 Å². The average molecular weight is 255 g/mol. The number of nitrogens with one attached hydrogen (secondary N) is 1. The van der Waals surface area contributed by atoms with Crippen molar-refractivity contribution in [2.75, 3.05) is 0 Å². The van der Waals surface area contributed by atoms with Crippen molar-refractivity contribution in [1.82, 2.24) is 5.32 Å². The van der Waals surface area contributed by atoms with Crippen molar-refractivity contribution in [1.29, 1.82) is 0 Å². The Morgan fingerprint density at radius 3 is 2.28 bits per heavy atom. The lowest BCUT2D eigenvalue weighted by Crippen LogP contribution is -2.57. The highest BCUT2D eigenvalue weighted by molar-refractivity contribution is 5.97. The van der Waals surface area contributed by atoms with Gasteiger partial charge < -0.3 is 15.5 Å². The van der Waals surface area contributed by atoms with Crippen LogP contribution in [0.15, 0.2) is 18.2 Å². The molecule has 0 radical (unpaired) electrons. The molecule has 0 saturated carbocycles. The van der Waals surface area contributed by atoms with Gasteiger partial charge in [-0.1, -0.05) is 0 Å². The zero-order chi connectivity index (χ0) is 14.1. The average Bonchev–Trinajstić information content (AvgIpc) is 2.14. The second-order valence-corrected chi connectivity index (χ2v) is 5.30. The van der Waals surface area contributed by atoms with Crippen molar-refractivity contribution in [3.63, 3.8) is 0 Å². The Hall–Kier alpha value is -1.62. The molecule has 0 fully saturated rings. The third kappa shape index (κ3) is 2.98. The van der Waals surface area contributed by atoms with E-state index in [1.165, 1.54) is 6.07 Å². The second-order valence-electron chi connectivity index (χ2n) is 5.30. The molecule has 4 nitrogen and oxygen atoms in total. The molecule has 0 spiro atoms. The maximum atomic E-state index is 12.8. The van der Waals surface area contributed by atoms with Crippen molar-refractivity contribution >= 4 is 5.91 Å². The Bertz CT molecular complexity index is 464. The van der Waals surface area contributed by atoms with E-state index < -0.39 is 28.6 Å². The standard InChI is InChI=1S/C13H18FNO3/c1-12(2,13(3,4)18)15-11(17)9-6-5-8(14)7-10(9)16/h5-7,16,18H,1-4H3,(H,15,17). The summed E-state index contributed by atoms with van der Waals surface area (Å²) in [4.78, 5) is 11.9. The van der Waals surface area contributed by atoms with Crippen LogP contribution in [0.4, 0.5) is 4.39 Å². The summed E-state index contributed by atoms with van der Waals surface area (Å²) in [5, 5.41) is 22.0. The number of amides is 1. The highest BCUT2D eigenvalue weighted by Crippen LogP contribution is 2.23. The van der Waals surface area contributed by atoms with Crippen LogP contribution in [0.25, 0.3) is 0 Å². The minimum atomic E-state index is -1.14. The first-order valence-electron chi connectivity index (χ1n) is 5.58. The Balaban J connectivity index is 2.96. The van der Waals surface area contributed by atoms with Gasteiger partial charge in [-0.2, -0.15) is 0 Å². The summed E-state index contributed by atoms with van der Waals surface area (Å²) >= 11 is 0. The van der Waals surface area contributed by atoms with Gasteiger partial charge in [-0.05, 0) is 39.8 Å². The molecule has 1 amide bonds. The van der Waals surface area contributed by atoms with Crippen LogP contribution >= 0.6 is 0 Å². The number of halogens is 1. The van der Waals surface area contributed by atoms with Crippen LogP contribution < -0.4 is 5.32 Å². The molecule has 1 rings (SSSR count). The van der Waals surface area contributed by atoms with Gasteiger partial charge in [0.2, 0.25) is 0 Å². The van der Waals surface area contributed by atoms with Crippen molar-refractivity contribution < 1.29 is 19.4 Å². The SMILES string of the molecule is CC(C)(O)C(C)(C)NC(=O)c1ccc(F)cc1O. The maximum absolute atomic E-state index is 12.8. The van der Waals surface area contributed by atoms with E-state index in [4.69, 9.17) is 0 Å². The molecule has 0 aliphatic carbocycles. The third-order valence-corrected chi connectivity index (χ3v) is 3.16. The fraction of sp³-hybridized carbons (Fsp3) is 0.462. The number of aromatic hydroxyl groups is 1. The van der Waals surface area contributed by atoms with Gasteiger partial charge in [0.15, 0.2) is 0 Å². The molecule has 3 N–H and O–H groups in total. The Morgan fingerprint density at radius 2 is 1.83 bits per heavy atom. The predicted octanol–water partition coefficient (Wildman–Crippen LogP) is 1.81. The summed E-state index contributed by atoms with van der Waals surface area (Å²) in [6.07, 6.45) is 0. The molecule has 5 heteroatoms. The minimum Gasteiger partial charge on any atom is -0.507 e. The van der Waals surface area contributed by atoms with E-state index in [1.54, 1.807) is 27.7 Å². The number of phenolic OH excluding ortho intramolecular Hbond substituents is 1. The van der Waals surface area contributed by atoms with Gasteiger partial charge >= 0.3 is 0 Å². The zero-order valence-corrected chi connectivity index (χ0v) is 10.9. The molecular formula is C13H18FNO3. The van der Waals surface area contributed by atoms with Crippen LogP contribution in [0.2, 0.25) is 0 Å². The second kappa shape index (κ2) is 4.57. The van der Waals surface area contributed by atoms with Gasteiger partial charge in [0.1, 0.15) is 11.6 Å². The largest absolute Gasteiger partial charge is 0.507 e. The molecule has 0 atom stereocenters. The topological polar surface area (TPSA) is 69.6 Å². The van der Waals surface area contributed by atoms with Crippen LogP contribution in [0.5, 0.6) is 5.75 Å². The lowest BCUT2D eigenvalue weighted by molar-refractivity contribution is -0.00298. The number of carbonyl (C=O) groups excluding carboxylic acids is 1. The molecule has 0 unspecified atom stereocenters. The lowest BCUT2D eigenvalue weighted by Gasteiger charge is -2.38. The van der Waals surface area contributed by atoms with Gasteiger partial charge in [-0.15, -0.1) is 0 Å². The van der Waals surface area contributed by atoms with Crippen LogP contribution in [-0.4, -0.2) is 27.3 Å². The van der Waals surface area contributed by atoms with Gasteiger partial charge in [0.25, 0.3) is 5.91 Å². The maximum Gasteiger partial charge on any atom is 0.255 e. The molecular weight excluding hydrogens is 237 g/mol. The van der Waals surface area contributed by atoms with Crippen LogP contribution in [0.3, 0.4) is 0 Å². The first-order chi connectivity index (χ1) is 8.04. The van der Waals surface area contributed by atoms with E-state index in [-0.39, 0.29) is 5.56 Å². The first kappa shape index (κ1) is 14.4. The number of benzene rings is 1. The van der Waals surface area contributed by atoms with Gasteiger partial charge in [0.05, 0.1) is 16.7 Å². The fourth-order valence-corrected chi connectivity index (χ4v) is 1.20. The van der Waals surface area contributed by atoms with Gasteiger partial charge in [0, 0.05) is 6.07 Å². The van der Waals surface area contributed by atoms with E-state index in [9.17, 15) is 19.4 Å². The molecule has 1 aromatic rings. The van der Waals surface area contributed by atoms with E-state index in [2.05, 4.69) is 5.32 Å². The molecule has 0 aliphatic heterocycles. The Morgan fingerprint density at radius 1 is 1.28 bits per heavy atom.